The molecule has 0 bridgehead atoms. The number of nitrogens with zero attached hydrogens (tertiary/aromatic N) is 1. The maximum absolute atomic E-state index is 5.58. The second-order valence-electron chi connectivity index (χ2n) is 5.24. The lowest BCUT2D eigenvalue weighted by molar-refractivity contribution is 0.126. The van der Waals surface area contributed by atoms with Gasteiger partial charge in [0.15, 0.2) is 0 Å². The Morgan fingerprint density at radius 2 is 2.16 bits per heavy atom. The van der Waals surface area contributed by atoms with Gasteiger partial charge in [-0.3, -0.25) is 4.98 Å². The van der Waals surface area contributed by atoms with Crippen molar-refractivity contribution in [1.82, 2.24) is 10.3 Å². The molecule has 0 spiro atoms. The molecule has 0 radical (unpaired) electrons. The SMILES string of the molecule is COc1c(C)cnc(CNCCOCC2CC2)c1C. The van der Waals surface area contributed by atoms with E-state index in [0.717, 1.165) is 54.8 Å². The summed E-state index contributed by atoms with van der Waals surface area (Å²) in [6.45, 7) is 7.40. The number of ether oxygens (including phenoxy) is 2. The molecular weight excluding hydrogens is 240 g/mol. The van der Waals surface area contributed by atoms with Gasteiger partial charge in [-0.05, 0) is 32.6 Å². The molecule has 0 unspecified atom stereocenters. The number of rotatable bonds is 8. The Bertz CT molecular complexity index is 417. The summed E-state index contributed by atoms with van der Waals surface area (Å²) in [5.74, 6) is 1.78. The van der Waals surface area contributed by atoms with Gasteiger partial charge in [-0.15, -0.1) is 0 Å². The maximum atomic E-state index is 5.58. The molecule has 1 fully saturated rings. The molecule has 1 saturated carbocycles. The normalized spacial score (nSPS) is 14.7. The topological polar surface area (TPSA) is 43.4 Å². The lowest BCUT2D eigenvalue weighted by Crippen LogP contribution is -2.21. The van der Waals surface area contributed by atoms with E-state index in [0.29, 0.717) is 0 Å². The predicted octanol–water partition coefficient (Wildman–Crippen LogP) is 2.22. The summed E-state index contributed by atoms with van der Waals surface area (Å²) < 4.78 is 11.0. The van der Waals surface area contributed by atoms with Crippen molar-refractivity contribution in [3.8, 4) is 5.75 Å². The zero-order valence-corrected chi connectivity index (χ0v) is 12.2. The minimum atomic E-state index is 0.759. The first-order valence-electron chi connectivity index (χ1n) is 7.00. The summed E-state index contributed by atoms with van der Waals surface area (Å²) in [7, 11) is 1.71. The van der Waals surface area contributed by atoms with E-state index in [9.17, 15) is 0 Å². The van der Waals surface area contributed by atoms with Gasteiger partial charge in [0.25, 0.3) is 0 Å². The van der Waals surface area contributed by atoms with Gasteiger partial charge in [0.1, 0.15) is 5.75 Å². The summed E-state index contributed by atoms with van der Waals surface area (Å²) in [5.41, 5.74) is 3.25. The molecule has 1 heterocycles. The van der Waals surface area contributed by atoms with Gasteiger partial charge in [0, 0.05) is 37.0 Å². The zero-order valence-electron chi connectivity index (χ0n) is 12.2. The van der Waals surface area contributed by atoms with Gasteiger partial charge in [-0.25, -0.2) is 0 Å². The van der Waals surface area contributed by atoms with E-state index in [-0.39, 0.29) is 0 Å². The number of nitrogens with one attached hydrogen (secondary N) is 1. The van der Waals surface area contributed by atoms with Crippen molar-refractivity contribution in [3.05, 3.63) is 23.0 Å². The Labute approximate surface area is 115 Å². The summed E-state index contributed by atoms with van der Waals surface area (Å²) in [4.78, 5) is 4.46. The number of pyridine rings is 1. The van der Waals surface area contributed by atoms with Crippen LogP contribution in [-0.2, 0) is 11.3 Å². The highest BCUT2D eigenvalue weighted by Crippen LogP contribution is 2.28. The highest BCUT2D eigenvalue weighted by Gasteiger charge is 2.20. The smallest absolute Gasteiger partial charge is 0.128 e. The van der Waals surface area contributed by atoms with Crippen LogP contribution in [0.4, 0.5) is 0 Å². The fourth-order valence-corrected chi connectivity index (χ4v) is 2.13. The molecule has 1 aromatic rings. The highest BCUT2D eigenvalue weighted by molar-refractivity contribution is 5.40. The van der Waals surface area contributed by atoms with Crippen LogP contribution < -0.4 is 10.1 Å². The van der Waals surface area contributed by atoms with Gasteiger partial charge < -0.3 is 14.8 Å². The average molecular weight is 264 g/mol. The molecule has 2 rings (SSSR count). The molecule has 1 N–H and O–H groups in total. The van der Waals surface area contributed by atoms with Crippen molar-refractivity contribution < 1.29 is 9.47 Å². The van der Waals surface area contributed by atoms with Gasteiger partial charge >= 0.3 is 0 Å². The van der Waals surface area contributed by atoms with E-state index in [4.69, 9.17) is 9.47 Å². The molecule has 0 amide bonds. The van der Waals surface area contributed by atoms with Crippen LogP contribution in [0.15, 0.2) is 6.20 Å². The zero-order chi connectivity index (χ0) is 13.7. The quantitative estimate of drug-likeness (QED) is 0.731. The average Bonchev–Trinajstić information content (AvgIpc) is 3.20. The van der Waals surface area contributed by atoms with Crippen LogP contribution in [0.3, 0.4) is 0 Å². The molecule has 4 heteroatoms. The third-order valence-corrected chi connectivity index (χ3v) is 3.52. The molecule has 1 aliphatic rings. The van der Waals surface area contributed by atoms with Gasteiger partial charge in [-0.1, -0.05) is 0 Å². The van der Waals surface area contributed by atoms with Crippen LogP contribution in [0.25, 0.3) is 0 Å². The Kier molecular flexibility index (Phi) is 5.16. The number of methoxy groups -OCH3 is 1. The van der Waals surface area contributed by atoms with Gasteiger partial charge in [0.05, 0.1) is 19.4 Å². The number of aryl methyl sites for hydroxylation is 1. The number of aromatic nitrogens is 1. The first-order chi connectivity index (χ1) is 9.22. The standard InChI is InChI=1S/C15H24N2O2/c1-11-8-17-14(12(2)15(11)18-3)9-16-6-7-19-10-13-4-5-13/h8,13,16H,4-7,9-10H2,1-3H3. The molecule has 19 heavy (non-hydrogen) atoms. The minimum Gasteiger partial charge on any atom is -0.496 e. The van der Waals surface area contributed by atoms with Crippen LogP contribution >= 0.6 is 0 Å². The Morgan fingerprint density at radius 1 is 1.37 bits per heavy atom. The molecule has 1 aliphatic carbocycles. The second-order valence-corrected chi connectivity index (χ2v) is 5.24. The minimum absolute atomic E-state index is 0.759. The lowest BCUT2D eigenvalue weighted by Gasteiger charge is -2.12. The van der Waals surface area contributed by atoms with Crippen molar-refractivity contribution in [2.24, 2.45) is 5.92 Å². The first-order valence-corrected chi connectivity index (χ1v) is 7.00. The lowest BCUT2D eigenvalue weighted by atomic mass is 10.1. The third-order valence-electron chi connectivity index (χ3n) is 3.52. The molecule has 1 aromatic heterocycles. The molecule has 0 aromatic carbocycles. The highest BCUT2D eigenvalue weighted by atomic mass is 16.5. The summed E-state index contributed by atoms with van der Waals surface area (Å²) >= 11 is 0. The van der Waals surface area contributed by atoms with Crippen LogP contribution in [-0.4, -0.2) is 31.9 Å². The molecule has 0 aliphatic heterocycles. The Balaban J connectivity index is 1.72. The van der Waals surface area contributed by atoms with Crippen molar-refractivity contribution in [1.29, 1.82) is 0 Å². The van der Waals surface area contributed by atoms with Crippen molar-refractivity contribution in [3.63, 3.8) is 0 Å². The van der Waals surface area contributed by atoms with Gasteiger partial charge in [-0.2, -0.15) is 0 Å². The van der Waals surface area contributed by atoms with E-state index < -0.39 is 0 Å². The Hall–Kier alpha value is -1.13. The van der Waals surface area contributed by atoms with E-state index in [1.54, 1.807) is 7.11 Å². The second kappa shape index (κ2) is 6.87. The van der Waals surface area contributed by atoms with E-state index in [2.05, 4.69) is 17.2 Å². The first kappa shape index (κ1) is 14.3. The molecule has 0 saturated heterocycles. The molecule has 0 atom stereocenters. The Morgan fingerprint density at radius 3 is 2.84 bits per heavy atom. The van der Waals surface area contributed by atoms with Gasteiger partial charge in [0.2, 0.25) is 0 Å². The molecular formula is C15H24N2O2. The monoisotopic (exact) mass is 264 g/mol. The third kappa shape index (κ3) is 4.18. The summed E-state index contributed by atoms with van der Waals surface area (Å²) in [5, 5.41) is 3.36. The van der Waals surface area contributed by atoms with E-state index in [1.807, 2.05) is 13.1 Å². The molecule has 106 valence electrons. The van der Waals surface area contributed by atoms with Crippen LogP contribution in [0, 0.1) is 19.8 Å². The fraction of sp³-hybridized carbons (Fsp3) is 0.667. The van der Waals surface area contributed by atoms with Crippen molar-refractivity contribution in [2.75, 3.05) is 26.9 Å². The predicted molar refractivity (Wildman–Crippen MR) is 75.5 cm³/mol. The van der Waals surface area contributed by atoms with Crippen LogP contribution in [0.5, 0.6) is 5.75 Å². The molecule has 4 nitrogen and oxygen atoms in total. The fourth-order valence-electron chi connectivity index (χ4n) is 2.13. The maximum Gasteiger partial charge on any atom is 0.128 e. The largest absolute Gasteiger partial charge is 0.496 e. The number of hydrogen-bond donors (Lipinski definition) is 1. The van der Waals surface area contributed by atoms with E-state index in [1.165, 1.54) is 12.8 Å². The summed E-state index contributed by atoms with van der Waals surface area (Å²) in [6.07, 6.45) is 4.56. The van der Waals surface area contributed by atoms with Crippen LogP contribution in [0.2, 0.25) is 0 Å². The summed E-state index contributed by atoms with van der Waals surface area (Å²) in [6, 6.07) is 0. The van der Waals surface area contributed by atoms with Crippen molar-refractivity contribution >= 4 is 0 Å². The van der Waals surface area contributed by atoms with E-state index >= 15 is 0 Å². The van der Waals surface area contributed by atoms with Crippen LogP contribution in [0.1, 0.15) is 29.7 Å². The number of hydrogen-bond acceptors (Lipinski definition) is 4. The van der Waals surface area contributed by atoms with Crippen molar-refractivity contribution in [2.45, 2.75) is 33.2 Å².